The Morgan fingerprint density at radius 2 is 2.00 bits per heavy atom. The molecule has 1 saturated heterocycles. The maximum Gasteiger partial charge on any atom is 0.246 e. The summed E-state index contributed by atoms with van der Waals surface area (Å²) in [6.45, 7) is 1.14. The van der Waals surface area contributed by atoms with E-state index < -0.39 is 10.0 Å². The van der Waals surface area contributed by atoms with E-state index in [0.717, 1.165) is 12.8 Å². The van der Waals surface area contributed by atoms with Crippen LogP contribution in [0.2, 0.25) is 10.0 Å². The number of sulfonamides is 1. The number of hydrogen-bond donors (Lipinski definition) is 1. The SMILES string of the molecule is CNCC1CCCN1S(=O)(=O)c1c(Cl)cccc1Cl. The van der Waals surface area contributed by atoms with E-state index in [2.05, 4.69) is 5.32 Å². The van der Waals surface area contributed by atoms with Gasteiger partial charge in [-0.1, -0.05) is 29.3 Å². The van der Waals surface area contributed by atoms with Gasteiger partial charge in [0.25, 0.3) is 0 Å². The standard InChI is InChI=1S/C12H16Cl2N2O2S/c1-15-8-9-4-3-7-16(9)19(17,18)12-10(13)5-2-6-11(12)14/h2,5-6,9,15H,3-4,7-8H2,1H3. The predicted molar refractivity (Wildman–Crippen MR) is 77.3 cm³/mol. The summed E-state index contributed by atoms with van der Waals surface area (Å²) in [4.78, 5) is 0.0151. The molecule has 0 amide bonds. The largest absolute Gasteiger partial charge is 0.318 e. The third-order valence-corrected chi connectivity index (χ3v) is 6.16. The molecule has 1 atom stereocenters. The smallest absolute Gasteiger partial charge is 0.246 e. The molecule has 1 fully saturated rings. The van der Waals surface area contributed by atoms with Gasteiger partial charge >= 0.3 is 0 Å². The average molecular weight is 323 g/mol. The number of likely N-dealkylation sites (N-methyl/N-ethyl adjacent to an activating group) is 1. The first-order valence-electron chi connectivity index (χ1n) is 6.09. The second-order valence-corrected chi connectivity index (χ2v) is 7.16. The van der Waals surface area contributed by atoms with Crippen molar-refractivity contribution >= 4 is 33.2 Å². The summed E-state index contributed by atoms with van der Waals surface area (Å²) < 4.78 is 26.9. The molecule has 4 nitrogen and oxygen atoms in total. The molecule has 1 aromatic carbocycles. The summed E-state index contributed by atoms with van der Waals surface area (Å²) >= 11 is 12.0. The van der Waals surface area contributed by atoms with Crippen molar-refractivity contribution in [3.8, 4) is 0 Å². The Hall–Kier alpha value is -0.330. The van der Waals surface area contributed by atoms with Gasteiger partial charge in [0.1, 0.15) is 4.90 Å². The third kappa shape index (κ3) is 2.90. The molecule has 0 saturated carbocycles. The van der Waals surface area contributed by atoms with Crippen LogP contribution in [0.1, 0.15) is 12.8 Å². The van der Waals surface area contributed by atoms with E-state index in [1.165, 1.54) is 4.31 Å². The number of hydrogen-bond acceptors (Lipinski definition) is 3. The van der Waals surface area contributed by atoms with Crippen LogP contribution in [0.15, 0.2) is 23.1 Å². The van der Waals surface area contributed by atoms with Crippen molar-refractivity contribution in [1.29, 1.82) is 0 Å². The topological polar surface area (TPSA) is 49.4 Å². The first kappa shape index (κ1) is 15.1. The van der Waals surface area contributed by atoms with Crippen LogP contribution in [-0.4, -0.2) is 38.9 Å². The highest BCUT2D eigenvalue weighted by Gasteiger charge is 2.37. The van der Waals surface area contributed by atoms with Crippen LogP contribution in [0.5, 0.6) is 0 Å². The number of nitrogens with zero attached hydrogens (tertiary/aromatic N) is 1. The molecule has 1 heterocycles. The highest BCUT2D eigenvalue weighted by molar-refractivity contribution is 7.89. The molecule has 1 aliphatic heterocycles. The lowest BCUT2D eigenvalue weighted by atomic mass is 10.2. The first-order chi connectivity index (χ1) is 8.98. The second kappa shape index (κ2) is 5.97. The lowest BCUT2D eigenvalue weighted by Gasteiger charge is -2.24. The quantitative estimate of drug-likeness (QED) is 0.925. The van der Waals surface area contributed by atoms with E-state index in [0.29, 0.717) is 13.1 Å². The highest BCUT2D eigenvalue weighted by Crippen LogP contribution is 2.34. The van der Waals surface area contributed by atoms with Crippen LogP contribution >= 0.6 is 23.2 Å². The molecular weight excluding hydrogens is 307 g/mol. The lowest BCUT2D eigenvalue weighted by Crippen LogP contribution is -2.40. The zero-order valence-corrected chi connectivity index (χ0v) is 12.9. The van der Waals surface area contributed by atoms with E-state index in [9.17, 15) is 8.42 Å². The summed E-state index contributed by atoms with van der Waals surface area (Å²) in [5.74, 6) is 0. The number of benzene rings is 1. The van der Waals surface area contributed by atoms with Crippen LogP contribution in [0.25, 0.3) is 0 Å². The van der Waals surface area contributed by atoms with Gasteiger partial charge in [-0.25, -0.2) is 8.42 Å². The van der Waals surface area contributed by atoms with Crippen molar-refractivity contribution in [3.05, 3.63) is 28.2 Å². The molecule has 0 spiro atoms. The molecule has 1 unspecified atom stereocenters. The van der Waals surface area contributed by atoms with Crippen LogP contribution in [0.3, 0.4) is 0 Å². The molecule has 7 heteroatoms. The average Bonchev–Trinajstić information content (AvgIpc) is 2.78. The molecule has 2 rings (SSSR count). The summed E-state index contributed by atoms with van der Waals surface area (Å²) in [7, 11) is -1.83. The van der Waals surface area contributed by atoms with E-state index in [-0.39, 0.29) is 21.0 Å². The molecule has 106 valence electrons. The minimum atomic E-state index is -3.64. The molecule has 0 bridgehead atoms. The van der Waals surface area contributed by atoms with Crippen molar-refractivity contribution in [3.63, 3.8) is 0 Å². The Kier molecular flexibility index (Phi) is 4.74. The summed E-state index contributed by atoms with van der Waals surface area (Å²) in [5.41, 5.74) is 0. The minimum absolute atomic E-state index is 0.0151. The second-order valence-electron chi connectivity index (χ2n) is 4.52. The van der Waals surface area contributed by atoms with Gasteiger partial charge in [0, 0.05) is 19.1 Å². The maximum atomic E-state index is 12.7. The molecule has 0 aromatic heterocycles. The van der Waals surface area contributed by atoms with Gasteiger partial charge in [0.2, 0.25) is 10.0 Å². The van der Waals surface area contributed by atoms with Gasteiger partial charge in [-0.15, -0.1) is 0 Å². The van der Waals surface area contributed by atoms with Gasteiger partial charge < -0.3 is 5.32 Å². The summed E-state index contributed by atoms with van der Waals surface area (Å²) in [6, 6.07) is 4.69. The van der Waals surface area contributed by atoms with E-state index >= 15 is 0 Å². The van der Waals surface area contributed by atoms with Crippen molar-refractivity contribution in [1.82, 2.24) is 9.62 Å². The molecule has 0 radical (unpaired) electrons. The van der Waals surface area contributed by atoms with Crippen molar-refractivity contribution in [2.45, 2.75) is 23.8 Å². The number of rotatable bonds is 4. The lowest BCUT2D eigenvalue weighted by molar-refractivity contribution is 0.379. The zero-order chi connectivity index (χ0) is 14.0. The van der Waals surface area contributed by atoms with Gasteiger partial charge in [0.15, 0.2) is 0 Å². The molecule has 19 heavy (non-hydrogen) atoms. The van der Waals surface area contributed by atoms with Crippen molar-refractivity contribution in [2.75, 3.05) is 20.1 Å². The summed E-state index contributed by atoms with van der Waals surface area (Å²) in [6.07, 6.45) is 1.70. The molecule has 0 aliphatic carbocycles. The van der Waals surface area contributed by atoms with E-state index in [1.54, 1.807) is 18.2 Å². The molecule has 1 aliphatic rings. The Balaban J connectivity index is 2.42. The monoisotopic (exact) mass is 322 g/mol. The fraction of sp³-hybridized carbons (Fsp3) is 0.500. The van der Waals surface area contributed by atoms with Crippen molar-refractivity contribution in [2.24, 2.45) is 0 Å². The normalized spacial score (nSPS) is 20.9. The minimum Gasteiger partial charge on any atom is -0.318 e. The van der Waals surface area contributed by atoms with Crippen LogP contribution in [0, 0.1) is 0 Å². The molecular formula is C12H16Cl2N2O2S. The summed E-state index contributed by atoms with van der Waals surface area (Å²) in [5, 5.41) is 3.36. The Bertz CT molecular complexity index is 543. The molecule has 1 N–H and O–H groups in total. The fourth-order valence-corrected chi connectivity index (χ4v) is 5.20. The Morgan fingerprint density at radius 1 is 1.37 bits per heavy atom. The third-order valence-electron chi connectivity index (χ3n) is 3.25. The van der Waals surface area contributed by atoms with Gasteiger partial charge in [-0.2, -0.15) is 4.31 Å². The van der Waals surface area contributed by atoms with Crippen molar-refractivity contribution < 1.29 is 8.42 Å². The van der Waals surface area contributed by atoms with Crippen LogP contribution < -0.4 is 5.32 Å². The van der Waals surface area contributed by atoms with Gasteiger partial charge in [0.05, 0.1) is 10.0 Å². The van der Waals surface area contributed by atoms with Gasteiger partial charge in [-0.3, -0.25) is 0 Å². The number of nitrogens with one attached hydrogen (secondary N) is 1. The van der Waals surface area contributed by atoms with Gasteiger partial charge in [-0.05, 0) is 32.0 Å². The maximum absolute atomic E-state index is 12.7. The fourth-order valence-electron chi connectivity index (χ4n) is 2.41. The first-order valence-corrected chi connectivity index (χ1v) is 8.28. The Labute approximate surface area is 123 Å². The van der Waals surface area contributed by atoms with Crippen LogP contribution in [-0.2, 0) is 10.0 Å². The molecule has 1 aromatic rings. The Morgan fingerprint density at radius 3 is 2.58 bits per heavy atom. The highest BCUT2D eigenvalue weighted by atomic mass is 35.5. The predicted octanol–water partition coefficient (Wildman–Crippen LogP) is 2.37. The number of halogens is 2. The zero-order valence-electron chi connectivity index (χ0n) is 10.6. The van der Waals surface area contributed by atoms with E-state index in [4.69, 9.17) is 23.2 Å². The van der Waals surface area contributed by atoms with E-state index in [1.807, 2.05) is 7.05 Å². The van der Waals surface area contributed by atoms with Crippen LogP contribution in [0.4, 0.5) is 0 Å².